The molecule has 0 saturated heterocycles. The monoisotopic (exact) mass is 316 g/mol. The summed E-state index contributed by atoms with van der Waals surface area (Å²) in [6.07, 6.45) is 11.9. The lowest BCUT2D eigenvalue weighted by molar-refractivity contribution is 0.304. The van der Waals surface area contributed by atoms with Gasteiger partial charge in [-0.2, -0.15) is 0 Å². The Balaban J connectivity index is 1.77. The second kappa shape index (κ2) is 4.75. The summed E-state index contributed by atoms with van der Waals surface area (Å²) in [6.45, 7) is 7.03. The minimum Gasteiger partial charge on any atom is -0.0851 e. The Labute approximate surface area is 146 Å². The highest BCUT2D eigenvalue weighted by molar-refractivity contribution is 5.88. The van der Waals surface area contributed by atoms with Crippen molar-refractivity contribution in [3.8, 4) is 0 Å². The fraction of sp³-hybridized carbons (Fsp3) is 0.500. The highest BCUT2D eigenvalue weighted by atomic mass is 14.5. The number of rotatable bonds is 0. The molecular formula is C24H28. The van der Waals surface area contributed by atoms with E-state index in [4.69, 9.17) is 0 Å². The number of fused-ring (bicyclic) bond motifs is 6. The van der Waals surface area contributed by atoms with Gasteiger partial charge in [0.15, 0.2) is 0 Å². The molecule has 0 nitrogen and oxygen atoms in total. The summed E-state index contributed by atoms with van der Waals surface area (Å²) in [5.74, 6) is 1.63. The molecular weight excluding hydrogens is 288 g/mol. The summed E-state index contributed by atoms with van der Waals surface area (Å²) >= 11 is 0. The molecule has 3 unspecified atom stereocenters. The third-order valence-electron chi connectivity index (χ3n) is 7.03. The van der Waals surface area contributed by atoms with Crippen molar-refractivity contribution >= 4 is 10.8 Å². The predicted molar refractivity (Wildman–Crippen MR) is 103 cm³/mol. The van der Waals surface area contributed by atoms with Crippen LogP contribution >= 0.6 is 0 Å². The summed E-state index contributed by atoms with van der Waals surface area (Å²) in [7, 11) is 0. The van der Waals surface area contributed by atoms with Crippen molar-refractivity contribution in [1.82, 2.24) is 0 Å². The van der Waals surface area contributed by atoms with Gasteiger partial charge in [0.2, 0.25) is 0 Å². The molecule has 0 heteroatoms. The Morgan fingerprint density at radius 2 is 1.96 bits per heavy atom. The van der Waals surface area contributed by atoms with Gasteiger partial charge in [0, 0.05) is 5.41 Å². The first-order valence-corrected chi connectivity index (χ1v) is 9.72. The summed E-state index contributed by atoms with van der Waals surface area (Å²) in [5, 5.41) is 2.94. The lowest BCUT2D eigenvalue weighted by Crippen LogP contribution is -2.35. The minimum absolute atomic E-state index is 0.199. The fourth-order valence-electron chi connectivity index (χ4n) is 5.98. The molecule has 5 rings (SSSR count). The molecule has 0 N–H and O–H groups in total. The number of aryl methyl sites for hydroxylation is 1. The quantitative estimate of drug-likeness (QED) is 0.500. The maximum Gasteiger partial charge on any atom is 0.00246 e. The molecule has 1 spiro atoms. The van der Waals surface area contributed by atoms with E-state index >= 15 is 0 Å². The minimum atomic E-state index is 0.199. The van der Waals surface area contributed by atoms with Crippen LogP contribution in [0.25, 0.3) is 10.8 Å². The summed E-state index contributed by atoms with van der Waals surface area (Å²) in [4.78, 5) is 0. The molecule has 0 aromatic heterocycles. The molecule has 2 aromatic carbocycles. The summed E-state index contributed by atoms with van der Waals surface area (Å²) < 4.78 is 0. The Morgan fingerprint density at radius 1 is 1.08 bits per heavy atom. The van der Waals surface area contributed by atoms with Crippen molar-refractivity contribution < 1.29 is 0 Å². The van der Waals surface area contributed by atoms with Crippen LogP contribution in [-0.2, 0) is 17.3 Å². The average molecular weight is 316 g/mol. The van der Waals surface area contributed by atoms with Gasteiger partial charge in [0.25, 0.3) is 0 Å². The molecule has 1 saturated carbocycles. The first-order valence-electron chi connectivity index (χ1n) is 9.72. The van der Waals surface area contributed by atoms with Gasteiger partial charge < -0.3 is 0 Å². The first kappa shape index (κ1) is 14.8. The molecule has 24 heavy (non-hydrogen) atoms. The van der Waals surface area contributed by atoms with E-state index in [1.807, 2.05) is 0 Å². The van der Waals surface area contributed by atoms with Gasteiger partial charge in [-0.25, -0.2) is 0 Å². The SMILES string of the molecule is CC(C)(C)c1cccc2cc3c(cc12)C1(CCC3)CC2C=CC1C2. The topological polar surface area (TPSA) is 0 Å². The zero-order valence-electron chi connectivity index (χ0n) is 15.2. The smallest absolute Gasteiger partial charge is 0.00246 e. The lowest BCUT2D eigenvalue weighted by atomic mass is 9.62. The van der Waals surface area contributed by atoms with E-state index < -0.39 is 0 Å². The van der Waals surface area contributed by atoms with E-state index in [2.05, 4.69) is 63.3 Å². The van der Waals surface area contributed by atoms with Gasteiger partial charge in [-0.05, 0) is 82.9 Å². The molecule has 3 aliphatic rings. The van der Waals surface area contributed by atoms with Crippen LogP contribution in [-0.4, -0.2) is 0 Å². The van der Waals surface area contributed by atoms with Gasteiger partial charge in [-0.1, -0.05) is 57.2 Å². The Kier molecular flexibility index (Phi) is 2.92. The van der Waals surface area contributed by atoms with Crippen LogP contribution in [0.15, 0.2) is 42.5 Å². The fourth-order valence-corrected chi connectivity index (χ4v) is 5.98. The number of hydrogen-bond donors (Lipinski definition) is 0. The first-order chi connectivity index (χ1) is 11.5. The normalized spacial score (nSPS) is 31.1. The zero-order chi connectivity index (χ0) is 16.5. The van der Waals surface area contributed by atoms with Crippen LogP contribution in [0.2, 0.25) is 0 Å². The van der Waals surface area contributed by atoms with Crippen LogP contribution in [0.5, 0.6) is 0 Å². The van der Waals surface area contributed by atoms with Crippen molar-refractivity contribution in [2.45, 2.75) is 63.7 Å². The van der Waals surface area contributed by atoms with Gasteiger partial charge in [0.1, 0.15) is 0 Å². The highest BCUT2D eigenvalue weighted by Gasteiger charge is 2.50. The van der Waals surface area contributed by atoms with Crippen LogP contribution in [0.4, 0.5) is 0 Å². The van der Waals surface area contributed by atoms with E-state index in [9.17, 15) is 0 Å². The van der Waals surface area contributed by atoms with Crippen LogP contribution in [0, 0.1) is 11.8 Å². The third-order valence-corrected chi connectivity index (χ3v) is 7.03. The molecule has 3 aliphatic carbocycles. The van der Waals surface area contributed by atoms with E-state index in [0.29, 0.717) is 5.41 Å². The third kappa shape index (κ3) is 1.92. The van der Waals surface area contributed by atoms with E-state index in [-0.39, 0.29) is 5.41 Å². The van der Waals surface area contributed by atoms with Crippen molar-refractivity contribution in [2.24, 2.45) is 11.8 Å². The molecule has 124 valence electrons. The second-order valence-corrected chi connectivity index (χ2v) is 9.49. The molecule has 0 amide bonds. The largest absolute Gasteiger partial charge is 0.0851 e. The summed E-state index contributed by atoms with van der Waals surface area (Å²) in [5.41, 5.74) is 5.49. The van der Waals surface area contributed by atoms with Crippen LogP contribution < -0.4 is 0 Å². The maximum atomic E-state index is 2.61. The molecule has 0 aliphatic heterocycles. The Hall–Kier alpha value is -1.56. The van der Waals surface area contributed by atoms with Gasteiger partial charge >= 0.3 is 0 Å². The number of benzene rings is 2. The second-order valence-electron chi connectivity index (χ2n) is 9.49. The maximum absolute atomic E-state index is 2.61. The van der Waals surface area contributed by atoms with Crippen molar-refractivity contribution in [3.63, 3.8) is 0 Å². The van der Waals surface area contributed by atoms with Crippen molar-refractivity contribution in [2.75, 3.05) is 0 Å². The average Bonchev–Trinajstić information content (AvgIpc) is 3.13. The Morgan fingerprint density at radius 3 is 2.67 bits per heavy atom. The predicted octanol–water partition coefficient (Wildman–Crippen LogP) is 6.31. The van der Waals surface area contributed by atoms with Crippen molar-refractivity contribution in [3.05, 3.63) is 59.2 Å². The van der Waals surface area contributed by atoms with E-state index in [1.165, 1.54) is 48.4 Å². The van der Waals surface area contributed by atoms with Gasteiger partial charge in [0.05, 0.1) is 0 Å². The molecule has 2 aromatic rings. The van der Waals surface area contributed by atoms with E-state index in [1.54, 1.807) is 11.1 Å². The standard InChI is InChI=1S/C24H28/c1-23(2,3)21-8-4-6-17-13-18-7-5-11-24(22(18)14-20(17)21)15-16-9-10-19(24)12-16/h4,6,8-10,13-14,16,19H,5,7,11-12,15H2,1-3H3. The van der Waals surface area contributed by atoms with E-state index in [0.717, 1.165) is 11.8 Å². The number of allylic oxidation sites excluding steroid dienone is 2. The zero-order valence-corrected chi connectivity index (χ0v) is 15.2. The highest BCUT2D eigenvalue weighted by Crippen LogP contribution is 2.58. The number of hydrogen-bond acceptors (Lipinski definition) is 0. The van der Waals surface area contributed by atoms with Gasteiger partial charge in [-0.15, -0.1) is 0 Å². The van der Waals surface area contributed by atoms with Crippen LogP contribution in [0.3, 0.4) is 0 Å². The molecule has 0 radical (unpaired) electrons. The summed E-state index contributed by atoms with van der Waals surface area (Å²) in [6, 6.07) is 12.0. The molecule has 0 heterocycles. The molecule has 2 bridgehead atoms. The van der Waals surface area contributed by atoms with Crippen molar-refractivity contribution in [1.29, 1.82) is 0 Å². The lowest BCUT2D eigenvalue weighted by Gasteiger charge is -2.41. The van der Waals surface area contributed by atoms with Crippen LogP contribution in [0.1, 0.15) is 63.1 Å². The molecule has 1 fully saturated rings. The Bertz CT molecular complexity index is 848. The van der Waals surface area contributed by atoms with Gasteiger partial charge in [-0.3, -0.25) is 0 Å². The molecule has 3 atom stereocenters.